The second-order valence-electron chi connectivity index (χ2n) is 5.42. The van der Waals surface area contributed by atoms with Gasteiger partial charge >= 0.3 is 0 Å². The standard InChI is InChI=1S/C13H19N3O2/c1-9-12(16(17)18)6-10(7-15-9)11-4-5-14-8-13(11,2)3/h4,6,14-15H,5,7-8H2,1-3H3. The van der Waals surface area contributed by atoms with Gasteiger partial charge in [0.15, 0.2) is 0 Å². The second kappa shape index (κ2) is 4.57. The van der Waals surface area contributed by atoms with Gasteiger partial charge in [-0.15, -0.1) is 0 Å². The minimum atomic E-state index is -0.323. The largest absolute Gasteiger partial charge is 0.379 e. The summed E-state index contributed by atoms with van der Waals surface area (Å²) in [7, 11) is 0. The van der Waals surface area contributed by atoms with Crippen LogP contribution in [-0.4, -0.2) is 24.6 Å². The van der Waals surface area contributed by atoms with Gasteiger partial charge < -0.3 is 10.6 Å². The molecule has 18 heavy (non-hydrogen) atoms. The number of allylic oxidation sites excluding steroid dienone is 2. The molecule has 0 saturated heterocycles. The Hall–Kier alpha value is -1.62. The number of nitrogens with one attached hydrogen (secondary N) is 2. The van der Waals surface area contributed by atoms with Crippen LogP contribution < -0.4 is 10.6 Å². The molecule has 0 unspecified atom stereocenters. The highest BCUT2D eigenvalue weighted by atomic mass is 16.6. The van der Waals surface area contributed by atoms with E-state index >= 15 is 0 Å². The van der Waals surface area contributed by atoms with E-state index in [1.54, 1.807) is 13.0 Å². The van der Waals surface area contributed by atoms with Crippen LogP contribution >= 0.6 is 0 Å². The summed E-state index contributed by atoms with van der Waals surface area (Å²) in [6, 6.07) is 0. The van der Waals surface area contributed by atoms with Crippen molar-refractivity contribution in [2.75, 3.05) is 19.6 Å². The fourth-order valence-corrected chi connectivity index (χ4v) is 2.50. The first-order chi connectivity index (χ1) is 8.42. The van der Waals surface area contributed by atoms with E-state index in [0.29, 0.717) is 12.2 Å². The minimum Gasteiger partial charge on any atom is -0.379 e. The summed E-state index contributed by atoms with van der Waals surface area (Å²) in [5.41, 5.74) is 3.06. The van der Waals surface area contributed by atoms with Gasteiger partial charge in [0.25, 0.3) is 5.70 Å². The van der Waals surface area contributed by atoms with Crippen molar-refractivity contribution in [1.29, 1.82) is 0 Å². The highest BCUT2D eigenvalue weighted by Crippen LogP contribution is 2.34. The van der Waals surface area contributed by atoms with Crippen molar-refractivity contribution in [2.45, 2.75) is 20.8 Å². The van der Waals surface area contributed by atoms with Crippen molar-refractivity contribution in [3.63, 3.8) is 0 Å². The van der Waals surface area contributed by atoms with Gasteiger partial charge in [0.2, 0.25) is 0 Å². The third kappa shape index (κ3) is 2.31. The molecule has 0 aromatic heterocycles. The average Bonchev–Trinajstić information content (AvgIpc) is 2.29. The smallest absolute Gasteiger partial charge is 0.288 e. The van der Waals surface area contributed by atoms with E-state index in [4.69, 9.17) is 0 Å². The lowest BCUT2D eigenvalue weighted by atomic mass is 9.77. The number of nitro groups is 1. The number of nitrogens with zero attached hydrogens (tertiary/aromatic N) is 1. The van der Waals surface area contributed by atoms with E-state index < -0.39 is 0 Å². The minimum absolute atomic E-state index is 0.0126. The molecule has 0 saturated carbocycles. The second-order valence-corrected chi connectivity index (χ2v) is 5.42. The summed E-state index contributed by atoms with van der Waals surface area (Å²) in [5.74, 6) is 0. The summed E-state index contributed by atoms with van der Waals surface area (Å²) in [5, 5.41) is 17.4. The highest BCUT2D eigenvalue weighted by Gasteiger charge is 2.30. The number of rotatable bonds is 2. The molecular weight excluding hydrogens is 230 g/mol. The monoisotopic (exact) mass is 249 g/mol. The maximum absolute atomic E-state index is 11.0. The Labute approximate surface area is 107 Å². The zero-order chi connectivity index (χ0) is 13.3. The molecule has 0 atom stereocenters. The molecule has 0 radical (unpaired) electrons. The van der Waals surface area contributed by atoms with Crippen molar-refractivity contribution in [3.05, 3.63) is 44.8 Å². The lowest BCUT2D eigenvalue weighted by molar-refractivity contribution is -0.420. The molecule has 0 spiro atoms. The molecule has 5 heteroatoms. The van der Waals surface area contributed by atoms with Crippen LogP contribution in [0.5, 0.6) is 0 Å². The van der Waals surface area contributed by atoms with Crippen molar-refractivity contribution >= 4 is 0 Å². The van der Waals surface area contributed by atoms with Gasteiger partial charge in [-0.3, -0.25) is 10.1 Å². The molecular formula is C13H19N3O2. The predicted molar refractivity (Wildman–Crippen MR) is 70.5 cm³/mol. The van der Waals surface area contributed by atoms with Gasteiger partial charge in [-0.25, -0.2) is 0 Å². The zero-order valence-electron chi connectivity index (χ0n) is 11.0. The first-order valence-corrected chi connectivity index (χ1v) is 6.13. The van der Waals surface area contributed by atoms with Crippen LogP contribution in [0.25, 0.3) is 0 Å². The lowest BCUT2D eigenvalue weighted by Gasteiger charge is -2.34. The molecule has 0 aliphatic carbocycles. The Morgan fingerprint density at radius 1 is 1.44 bits per heavy atom. The molecule has 2 aliphatic heterocycles. The summed E-state index contributed by atoms with van der Waals surface area (Å²) < 4.78 is 0. The number of hydrogen-bond acceptors (Lipinski definition) is 4. The maximum Gasteiger partial charge on any atom is 0.288 e. The average molecular weight is 249 g/mol. The first kappa shape index (κ1) is 12.8. The predicted octanol–water partition coefficient (Wildman–Crippen LogP) is 1.58. The highest BCUT2D eigenvalue weighted by molar-refractivity contribution is 5.44. The Kier molecular flexibility index (Phi) is 3.26. The lowest BCUT2D eigenvalue weighted by Crippen LogP contribution is -2.38. The van der Waals surface area contributed by atoms with Crippen molar-refractivity contribution < 1.29 is 4.92 Å². The third-order valence-electron chi connectivity index (χ3n) is 3.53. The molecule has 2 heterocycles. The summed E-state index contributed by atoms with van der Waals surface area (Å²) in [4.78, 5) is 10.7. The molecule has 0 aromatic rings. The quantitative estimate of drug-likeness (QED) is 0.576. The third-order valence-corrected chi connectivity index (χ3v) is 3.53. The van der Waals surface area contributed by atoms with Crippen molar-refractivity contribution in [1.82, 2.24) is 10.6 Å². The molecule has 5 nitrogen and oxygen atoms in total. The van der Waals surface area contributed by atoms with E-state index in [-0.39, 0.29) is 16.0 Å². The summed E-state index contributed by atoms with van der Waals surface area (Å²) >= 11 is 0. The van der Waals surface area contributed by atoms with E-state index in [2.05, 4.69) is 30.6 Å². The van der Waals surface area contributed by atoms with E-state index in [1.807, 2.05) is 0 Å². The fraction of sp³-hybridized carbons (Fsp3) is 0.538. The zero-order valence-corrected chi connectivity index (χ0v) is 11.0. The summed E-state index contributed by atoms with van der Waals surface area (Å²) in [6.45, 7) is 8.44. The fourth-order valence-electron chi connectivity index (χ4n) is 2.50. The van der Waals surface area contributed by atoms with E-state index in [0.717, 1.165) is 18.7 Å². The van der Waals surface area contributed by atoms with Gasteiger partial charge in [-0.1, -0.05) is 19.9 Å². The van der Waals surface area contributed by atoms with Gasteiger partial charge in [0.1, 0.15) is 0 Å². The van der Waals surface area contributed by atoms with Crippen molar-refractivity contribution in [2.24, 2.45) is 5.41 Å². The Morgan fingerprint density at radius 3 is 2.78 bits per heavy atom. The number of dihydropyridines is 1. The van der Waals surface area contributed by atoms with Gasteiger partial charge in [-0.05, 0) is 18.1 Å². The van der Waals surface area contributed by atoms with Gasteiger partial charge in [0, 0.05) is 31.1 Å². The molecule has 0 amide bonds. The van der Waals surface area contributed by atoms with Gasteiger partial charge in [-0.2, -0.15) is 0 Å². The van der Waals surface area contributed by atoms with Crippen LogP contribution in [0.4, 0.5) is 0 Å². The molecule has 2 rings (SSSR count). The maximum atomic E-state index is 11.0. The molecule has 2 N–H and O–H groups in total. The van der Waals surface area contributed by atoms with E-state index in [1.165, 1.54) is 5.57 Å². The Morgan fingerprint density at radius 2 is 2.17 bits per heavy atom. The SMILES string of the molecule is CC1=C([N+](=O)[O-])C=C(C2=CCNCC2(C)C)CN1. The summed E-state index contributed by atoms with van der Waals surface area (Å²) in [6.07, 6.45) is 3.85. The van der Waals surface area contributed by atoms with Crippen molar-refractivity contribution in [3.8, 4) is 0 Å². The first-order valence-electron chi connectivity index (χ1n) is 6.13. The topological polar surface area (TPSA) is 67.2 Å². The van der Waals surface area contributed by atoms with Crippen LogP contribution in [0, 0.1) is 15.5 Å². The molecule has 98 valence electrons. The van der Waals surface area contributed by atoms with Crippen LogP contribution in [0.3, 0.4) is 0 Å². The Bertz CT molecular complexity index is 473. The normalized spacial score (nSPS) is 23.1. The molecule has 0 aromatic carbocycles. The van der Waals surface area contributed by atoms with Crippen LogP contribution in [-0.2, 0) is 0 Å². The van der Waals surface area contributed by atoms with E-state index in [9.17, 15) is 10.1 Å². The molecule has 0 bridgehead atoms. The molecule has 0 fully saturated rings. The Balaban J connectivity index is 2.38. The van der Waals surface area contributed by atoms with Gasteiger partial charge in [0.05, 0.1) is 10.6 Å². The number of hydrogen-bond donors (Lipinski definition) is 2. The van der Waals surface area contributed by atoms with Crippen LogP contribution in [0.15, 0.2) is 34.7 Å². The van der Waals surface area contributed by atoms with Crippen LogP contribution in [0.2, 0.25) is 0 Å². The van der Waals surface area contributed by atoms with Crippen LogP contribution in [0.1, 0.15) is 20.8 Å². The molecule has 2 aliphatic rings.